The lowest BCUT2D eigenvalue weighted by Gasteiger charge is -2.16. The van der Waals surface area contributed by atoms with E-state index < -0.39 is 0 Å². The molecule has 0 spiro atoms. The van der Waals surface area contributed by atoms with Crippen molar-refractivity contribution in [2.24, 2.45) is 23.5 Å². The molecule has 0 radical (unpaired) electrons. The van der Waals surface area contributed by atoms with Crippen LogP contribution < -0.4 is 5.73 Å². The molecular formula is C10H17NO. The van der Waals surface area contributed by atoms with Gasteiger partial charge in [0.2, 0.25) is 5.91 Å². The number of primary amides is 1. The minimum Gasteiger partial charge on any atom is -0.370 e. The summed E-state index contributed by atoms with van der Waals surface area (Å²) in [7, 11) is 0. The van der Waals surface area contributed by atoms with Crippen molar-refractivity contribution in [1.29, 1.82) is 0 Å². The number of hydrogen-bond donors (Lipinski definition) is 1. The van der Waals surface area contributed by atoms with Crippen molar-refractivity contribution in [2.45, 2.75) is 38.5 Å². The van der Waals surface area contributed by atoms with Crippen LogP contribution in [0.15, 0.2) is 0 Å². The van der Waals surface area contributed by atoms with E-state index in [0.29, 0.717) is 12.3 Å². The summed E-state index contributed by atoms with van der Waals surface area (Å²) < 4.78 is 0. The first-order valence-corrected chi connectivity index (χ1v) is 5.05. The fourth-order valence-corrected chi connectivity index (χ4v) is 3.20. The molecule has 2 nitrogen and oxygen atoms in total. The number of hydrogen-bond acceptors (Lipinski definition) is 1. The van der Waals surface area contributed by atoms with Gasteiger partial charge in [-0.1, -0.05) is 12.8 Å². The van der Waals surface area contributed by atoms with Crippen LogP contribution in [0, 0.1) is 17.8 Å². The molecule has 12 heavy (non-hydrogen) atoms. The number of rotatable bonds is 2. The Morgan fingerprint density at radius 2 is 2.08 bits per heavy atom. The summed E-state index contributed by atoms with van der Waals surface area (Å²) in [5.41, 5.74) is 5.22. The molecule has 2 heteroatoms. The average Bonchev–Trinajstić information content (AvgIpc) is 2.52. The van der Waals surface area contributed by atoms with Gasteiger partial charge in [-0.05, 0) is 37.0 Å². The normalized spacial score (nSPS) is 39.8. The van der Waals surface area contributed by atoms with Gasteiger partial charge in [0.25, 0.3) is 0 Å². The summed E-state index contributed by atoms with van der Waals surface area (Å²) in [4.78, 5) is 10.8. The van der Waals surface area contributed by atoms with Gasteiger partial charge in [-0.3, -0.25) is 4.79 Å². The first-order chi connectivity index (χ1) is 5.77. The van der Waals surface area contributed by atoms with Gasteiger partial charge in [-0.25, -0.2) is 0 Å². The highest BCUT2D eigenvalue weighted by Gasteiger charge is 2.39. The Bertz CT molecular complexity index is 190. The molecular weight excluding hydrogens is 150 g/mol. The van der Waals surface area contributed by atoms with E-state index in [1.807, 2.05) is 0 Å². The molecule has 2 aliphatic carbocycles. The largest absolute Gasteiger partial charge is 0.370 e. The highest BCUT2D eigenvalue weighted by atomic mass is 16.1. The molecule has 2 rings (SSSR count). The third-order valence-electron chi connectivity index (χ3n) is 3.69. The summed E-state index contributed by atoms with van der Waals surface area (Å²) in [6.07, 6.45) is 7.37. The highest BCUT2D eigenvalue weighted by molar-refractivity contribution is 5.74. The molecule has 68 valence electrons. The molecule has 0 aromatic heterocycles. The Kier molecular flexibility index (Phi) is 2.07. The van der Waals surface area contributed by atoms with E-state index in [1.54, 1.807) is 0 Å². The van der Waals surface area contributed by atoms with Crippen LogP contribution in [0.4, 0.5) is 0 Å². The number of amides is 1. The number of carbonyl (C=O) groups excluding carboxylic acids is 1. The van der Waals surface area contributed by atoms with Gasteiger partial charge in [0, 0.05) is 6.42 Å². The third-order valence-corrected chi connectivity index (χ3v) is 3.69. The molecule has 0 bridgehead atoms. The van der Waals surface area contributed by atoms with Gasteiger partial charge in [0.15, 0.2) is 0 Å². The van der Waals surface area contributed by atoms with Crippen molar-refractivity contribution in [2.75, 3.05) is 0 Å². The van der Waals surface area contributed by atoms with Crippen LogP contribution in [-0.4, -0.2) is 5.91 Å². The Morgan fingerprint density at radius 1 is 1.25 bits per heavy atom. The standard InChI is InChI=1S/C10H17NO/c11-10(12)6-8-5-4-7-2-1-3-9(7)8/h7-9H,1-6H2,(H2,11,12)/t7-,8+,9+/m1/s1. The topological polar surface area (TPSA) is 43.1 Å². The second kappa shape index (κ2) is 3.08. The van der Waals surface area contributed by atoms with E-state index in [-0.39, 0.29) is 5.91 Å². The summed E-state index contributed by atoms with van der Waals surface area (Å²) in [6, 6.07) is 0. The maximum Gasteiger partial charge on any atom is 0.217 e. The van der Waals surface area contributed by atoms with Crippen LogP contribution in [0.2, 0.25) is 0 Å². The van der Waals surface area contributed by atoms with Crippen LogP contribution in [0.1, 0.15) is 38.5 Å². The molecule has 0 saturated heterocycles. The lowest BCUT2D eigenvalue weighted by molar-refractivity contribution is -0.119. The van der Waals surface area contributed by atoms with Gasteiger partial charge in [0.1, 0.15) is 0 Å². The molecule has 0 heterocycles. The van der Waals surface area contributed by atoms with E-state index in [1.165, 1.54) is 32.1 Å². The SMILES string of the molecule is NC(=O)C[C@@H]1CC[C@H]2CCC[C@@H]21. The minimum atomic E-state index is -0.104. The molecule has 2 fully saturated rings. The van der Waals surface area contributed by atoms with Crippen LogP contribution >= 0.6 is 0 Å². The smallest absolute Gasteiger partial charge is 0.217 e. The van der Waals surface area contributed by atoms with E-state index in [0.717, 1.165) is 11.8 Å². The molecule has 1 amide bonds. The fraction of sp³-hybridized carbons (Fsp3) is 0.900. The summed E-state index contributed by atoms with van der Waals surface area (Å²) in [5.74, 6) is 2.31. The molecule has 0 unspecified atom stereocenters. The maximum atomic E-state index is 10.8. The Hall–Kier alpha value is -0.530. The Balaban J connectivity index is 1.95. The average molecular weight is 167 g/mol. The molecule has 3 atom stereocenters. The van der Waals surface area contributed by atoms with Crippen molar-refractivity contribution in [1.82, 2.24) is 0 Å². The zero-order chi connectivity index (χ0) is 8.55. The second-order valence-corrected chi connectivity index (χ2v) is 4.36. The summed E-state index contributed by atoms with van der Waals surface area (Å²) in [6.45, 7) is 0. The van der Waals surface area contributed by atoms with Crippen molar-refractivity contribution < 1.29 is 4.79 Å². The van der Waals surface area contributed by atoms with Crippen molar-refractivity contribution in [3.05, 3.63) is 0 Å². The molecule has 2 aliphatic rings. The first-order valence-electron chi connectivity index (χ1n) is 5.05. The number of carbonyl (C=O) groups is 1. The maximum absolute atomic E-state index is 10.8. The molecule has 2 saturated carbocycles. The van der Waals surface area contributed by atoms with Gasteiger partial charge < -0.3 is 5.73 Å². The number of nitrogens with two attached hydrogens (primary N) is 1. The lowest BCUT2D eigenvalue weighted by atomic mass is 9.89. The van der Waals surface area contributed by atoms with Gasteiger partial charge in [-0.2, -0.15) is 0 Å². The molecule has 0 aliphatic heterocycles. The molecule has 2 N–H and O–H groups in total. The monoisotopic (exact) mass is 167 g/mol. The first kappa shape index (κ1) is 8.09. The predicted octanol–water partition coefficient (Wildman–Crippen LogP) is 1.69. The fourth-order valence-electron chi connectivity index (χ4n) is 3.20. The Labute approximate surface area is 73.5 Å². The molecule has 0 aromatic carbocycles. The van der Waals surface area contributed by atoms with Crippen molar-refractivity contribution >= 4 is 5.91 Å². The van der Waals surface area contributed by atoms with Crippen LogP contribution in [-0.2, 0) is 4.79 Å². The van der Waals surface area contributed by atoms with Gasteiger partial charge >= 0.3 is 0 Å². The van der Waals surface area contributed by atoms with E-state index in [9.17, 15) is 4.79 Å². The van der Waals surface area contributed by atoms with Gasteiger partial charge in [0.05, 0.1) is 0 Å². The van der Waals surface area contributed by atoms with Crippen molar-refractivity contribution in [3.8, 4) is 0 Å². The van der Waals surface area contributed by atoms with Crippen LogP contribution in [0.3, 0.4) is 0 Å². The zero-order valence-electron chi connectivity index (χ0n) is 7.46. The Morgan fingerprint density at radius 3 is 2.83 bits per heavy atom. The lowest BCUT2D eigenvalue weighted by Crippen LogP contribution is -2.19. The summed E-state index contributed by atoms with van der Waals surface area (Å²) >= 11 is 0. The molecule has 0 aromatic rings. The third kappa shape index (κ3) is 1.35. The number of fused-ring (bicyclic) bond motifs is 1. The van der Waals surface area contributed by atoms with Gasteiger partial charge in [-0.15, -0.1) is 0 Å². The van der Waals surface area contributed by atoms with E-state index in [4.69, 9.17) is 5.73 Å². The zero-order valence-corrected chi connectivity index (χ0v) is 7.46. The quantitative estimate of drug-likeness (QED) is 0.668. The second-order valence-electron chi connectivity index (χ2n) is 4.36. The van der Waals surface area contributed by atoms with Crippen LogP contribution in [0.5, 0.6) is 0 Å². The van der Waals surface area contributed by atoms with E-state index >= 15 is 0 Å². The minimum absolute atomic E-state index is 0.104. The summed E-state index contributed by atoms with van der Waals surface area (Å²) in [5, 5.41) is 0. The highest BCUT2D eigenvalue weighted by Crippen LogP contribution is 2.48. The van der Waals surface area contributed by atoms with Crippen molar-refractivity contribution in [3.63, 3.8) is 0 Å². The predicted molar refractivity (Wildman–Crippen MR) is 47.4 cm³/mol. The van der Waals surface area contributed by atoms with E-state index in [2.05, 4.69) is 0 Å². The van der Waals surface area contributed by atoms with Crippen LogP contribution in [0.25, 0.3) is 0 Å².